The van der Waals surface area contributed by atoms with Crippen molar-refractivity contribution in [2.75, 3.05) is 25.5 Å². The Balaban J connectivity index is 2.89. The van der Waals surface area contributed by atoms with Crippen molar-refractivity contribution in [1.82, 2.24) is 5.32 Å². The summed E-state index contributed by atoms with van der Waals surface area (Å²) in [7, 11) is 1.33. The predicted molar refractivity (Wildman–Crippen MR) is 75.3 cm³/mol. The van der Waals surface area contributed by atoms with Crippen molar-refractivity contribution in [3.05, 3.63) is 22.7 Å². The average Bonchev–Trinajstić information content (AvgIpc) is 2.40. The fourth-order valence-electron chi connectivity index (χ4n) is 1.43. The smallest absolute Gasteiger partial charge is 0.339 e. The van der Waals surface area contributed by atoms with E-state index < -0.39 is 5.97 Å². The maximum Gasteiger partial charge on any atom is 0.339 e. The minimum Gasteiger partial charge on any atom is -0.496 e. The summed E-state index contributed by atoms with van der Waals surface area (Å²) >= 11 is 5.92. The van der Waals surface area contributed by atoms with E-state index in [4.69, 9.17) is 27.9 Å². The lowest BCUT2D eigenvalue weighted by molar-refractivity contribution is -0.115. The fraction of sp³-hybridized carbons (Fsp3) is 0.231. The van der Waals surface area contributed by atoms with Gasteiger partial charge in [-0.15, -0.1) is 6.42 Å². The molecule has 0 bridgehead atoms. The van der Waals surface area contributed by atoms with Crippen molar-refractivity contribution < 1.29 is 19.4 Å². The quantitative estimate of drug-likeness (QED) is 0.542. The molecule has 1 rings (SSSR count). The number of anilines is 1. The third-order valence-electron chi connectivity index (χ3n) is 2.31. The fourth-order valence-corrected chi connectivity index (χ4v) is 1.64. The molecule has 0 aromatic heterocycles. The number of aromatic carboxylic acids is 1. The zero-order valence-corrected chi connectivity index (χ0v) is 11.5. The van der Waals surface area contributed by atoms with Crippen LogP contribution in [0.2, 0.25) is 5.02 Å². The molecule has 0 saturated heterocycles. The van der Waals surface area contributed by atoms with Crippen LogP contribution >= 0.6 is 11.6 Å². The third-order valence-corrected chi connectivity index (χ3v) is 2.62. The number of carbonyl (C=O) groups excluding carboxylic acids is 1. The van der Waals surface area contributed by atoms with E-state index in [9.17, 15) is 9.59 Å². The largest absolute Gasteiger partial charge is 0.496 e. The number of nitrogens with one attached hydrogen (secondary N) is 2. The Morgan fingerprint density at radius 3 is 2.75 bits per heavy atom. The molecule has 0 spiro atoms. The van der Waals surface area contributed by atoms with Gasteiger partial charge in [-0.3, -0.25) is 10.1 Å². The Bertz CT molecular complexity index is 566. The Kier molecular flexibility index (Phi) is 5.84. The number of methoxy groups -OCH3 is 1. The predicted octanol–water partition coefficient (Wildman–Crippen LogP) is 1.21. The van der Waals surface area contributed by atoms with E-state index >= 15 is 0 Å². The summed E-state index contributed by atoms with van der Waals surface area (Å²) in [5, 5.41) is 14.3. The first-order valence-electron chi connectivity index (χ1n) is 5.54. The standard InChI is InChI=1S/C13H13ClN2O4/c1-3-4-15-7-12(17)16-10-6-11(20-2)8(13(18)19)5-9(10)14/h1,5-6,15H,4,7H2,2H3,(H,16,17)(H,18,19). The van der Waals surface area contributed by atoms with E-state index in [-0.39, 0.29) is 41.0 Å². The molecule has 1 aromatic rings. The van der Waals surface area contributed by atoms with E-state index in [1.54, 1.807) is 0 Å². The highest BCUT2D eigenvalue weighted by Gasteiger charge is 2.16. The van der Waals surface area contributed by atoms with Crippen LogP contribution in [0.15, 0.2) is 12.1 Å². The molecule has 20 heavy (non-hydrogen) atoms. The van der Waals surface area contributed by atoms with Gasteiger partial charge in [-0.25, -0.2) is 4.79 Å². The van der Waals surface area contributed by atoms with Gasteiger partial charge in [0.1, 0.15) is 11.3 Å². The first-order chi connectivity index (χ1) is 9.49. The lowest BCUT2D eigenvalue weighted by Crippen LogP contribution is -2.28. The number of carbonyl (C=O) groups is 2. The number of halogens is 1. The second kappa shape index (κ2) is 7.38. The molecule has 106 valence electrons. The van der Waals surface area contributed by atoms with Gasteiger partial charge in [-0.2, -0.15) is 0 Å². The maximum absolute atomic E-state index is 11.6. The second-order valence-corrected chi connectivity index (χ2v) is 4.10. The van der Waals surface area contributed by atoms with Gasteiger partial charge in [-0.05, 0) is 6.07 Å². The molecule has 7 heteroatoms. The van der Waals surface area contributed by atoms with Crippen LogP contribution in [0, 0.1) is 12.3 Å². The topological polar surface area (TPSA) is 87.7 Å². The number of amides is 1. The Morgan fingerprint density at radius 1 is 1.50 bits per heavy atom. The van der Waals surface area contributed by atoms with Crippen molar-refractivity contribution in [3.63, 3.8) is 0 Å². The molecule has 0 aliphatic carbocycles. The molecule has 0 radical (unpaired) electrons. The van der Waals surface area contributed by atoms with Crippen molar-refractivity contribution >= 4 is 29.2 Å². The van der Waals surface area contributed by atoms with E-state index in [0.29, 0.717) is 0 Å². The van der Waals surface area contributed by atoms with E-state index in [2.05, 4.69) is 16.6 Å². The molecule has 0 unspecified atom stereocenters. The first kappa shape index (κ1) is 15.8. The highest BCUT2D eigenvalue weighted by molar-refractivity contribution is 6.34. The summed E-state index contributed by atoms with van der Waals surface area (Å²) in [5.74, 6) is 0.916. The molecule has 3 N–H and O–H groups in total. The number of hydrogen-bond donors (Lipinski definition) is 3. The molecule has 0 fully saturated rings. The Morgan fingerprint density at radius 2 is 2.20 bits per heavy atom. The van der Waals surface area contributed by atoms with Crippen LogP contribution < -0.4 is 15.4 Å². The number of rotatable bonds is 6. The monoisotopic (exact) mass is 296 g/mol. The van der Waals surface area contributed by atoms with Gasteiger partial charge < -0.3 is 15.2 Å². The van der Waals surface area contributed by atoms with Gasteiger partial charge >= 0.3 is 5.97 Å². The van der Waals surface area contributed by atoms with E-state index in [0.717, 1.165) is 0 Å². The Labute approximate surface area is 121 Å². The van der Waals surface area contributed by atoms with Crippen molar-refractivity contribution in [3.8, 4) is 18.1 Å². The SMILES string of the molecule is C#CCNCC(=O)Nc1cc(OC)c(C(=O)O)cc1Cl. The van der Waals surface area contributed by atoms with Crippen molar-refractivity contribution in [2.45, 2.75) is 0 Å². The molecule has 0 atom stereocenters. The third kappa shape index (κ3) is 4.16. The van der Waals surface area contributed by atoms with Gasteiger partial charge in [0.2, 0.25) is 5.91 Å². The van der Waals surface area contributed by atoms with Crippen LogP contribution in [0.25, 0.3) is 0 Å². The Hall–Kier alpha value is -2.23. The van der Waals surface area contributed by atoms with Gasteiger partial charge in [0.25, 0.3) is 0 Å². The number of carboxylic acids is 1. The van der Waals surface area contributed by atoms with Gasteiger partial charge in [0.15, 0.2) is 0 Å². The molecular weight excluding hydrogens is 284 g/mol. The number of terminal acetylenes is 1. The number of benzene rings is 1. The van der Waals surface area contributed by atoms with Crippen LogP contribution in [0.4, 0.5) is 5.69 Å². The zero-order chi connectivity index (χ0) is 15.1. The van der Waals surface area contributed by atoms with Crippen LogP contribution in [-0.4, -0.2) is 37.2 Å². The van der Waals surface area contributed by atoms with E-state index in [1.807, 2.05) is 0 Å². The van der Waals surface area contributed by atoms with Gasteiger partial charge in [-0.1, -0.05) is 17.5 Å². The summed E-state index contributed by atoms with van der Waals surface area (Å²) in [6.45, 7) is 0.284. The van der Waals surface area contributed by atoms with Crippen LogP contribution in [0.3, 0.4) is 0 Å². The van der Waals surface area contributed by atoms with Crippen molar-refractivity contribution in [1.29, 1.82) is 0 Å². The highest BCUT2D eigenvalue weighted by Crippen LogP contribution is 2.30. The van der Waals surface area contributed by atoms with Crippen molar-refractivity contribution in [2.24, 2.45) is 0 Å². The van der Waals surface area contributed by atoms with Crippen LogP contribution in [-0.2, 0) is 4.79 Å². The molecule has 0 heterocycles. The lowest BCUT2D eigenvalue weighted by atomic mass is 10.1. The van der Waals surface area contributed by atoms with Crippen LogP contribution in [0.1, 0.15) is 10.4 Å². The van der Waals surface area contributed by atoms with E-state index in [1.165, 1.54) is 19.2 Å². The minimum atomic E-state index is -1.17. The van der Waals surface area contributed by atoms with Gasteiger partial charge in [0, 0.05) is 6.07 Å². The average molecular weight is 297 g/mol. The zero-order valence-electron chi connectivity index (χ0n) is 10.7. The maximum atomic E-state index is 11.6. The first-order valence-corrected chi connectivity index (χ1v) is 5.92. The second-order valence-electron chi connectivity index (χ2n) is 3.69. The number of ether oxygens (including phenoxy) is 1. The summed E-state index contributed by atoms with van der Waals surface area (Å²) in [6, 6.07) is 2.57. The molecule has 0 aliphatic heterocycles. The molecule has 6 nitrogen and oxygen atoms in total. The molecular formula is C13H13ClN2O4. The minimum absolute atomic E-state index is 0.0174. The summed E-state index contributed by atoms with van der Waals surface area (Å²) in [4.78, 5) is 22.6. The molecule has 1 aromatic carbocycles. The molecule has 0 aliphatic rings. The normalized spacial score (nSPS) is 9.65. The number of carboxylic acid groups (broad SMARTS) is 1. The van der Waals surface area contributed by atoms with Gasteiger partial charge in [0.05, 0.1) is 30.9 Å². The van der Waals surface area contributed by atoms with Crippen LogP contribution in [0.5, 0.6) is 5.75 Å². The number of hydrogen-bond acceptors (Lipinski definition) is 4. The lowest BCUT2D eigenvalue weighted by Gasteiger charge is -2.11. The molecule has 0 saturated carbocycles. The summed E-state index contributed by atoms with van der Waals surface area (Å²) in [6.07, 6.45) is 5.04. The summed E-state index contributed by atoms with van der Waals surface area (Å²) < 4.78 is 4.95. The highest BCUT2D eigenvalue weighted by atomic mass is 35.5. The summed E-state index contributed by atoms with van der Waals surface area (Å²) in [5.41, 5.74) is 0.182. The molecule has 1 amide bonds.